The number of methoxy groups -OCH3 is 2. The Morgan fingerprint density at radius 3 is 2.26 bits per heavy atom. The van der Waals surface area contributed by atoms with Gasteiger partial charge in [0.15, 0.2) is 11.4 Å². The average molecular weight is 644 g/mol. The third-order valence-corrected chi connectivity index (χ3v) is 5.90. The number of anilines is 1. The molecule has 0 radical (unpaired) electrons. The lowest BCUT2D eigenvalue weighted by Gasteiger charge is -2.36. The summed E-state index contributed by atoms with van der Waals surface area (Å²) < 4.78 is 53.8. The molecule has 1 heterocycles. The monoisotopic (exact) mass is 644 g/mol. The largest absolute Gasteiger partial charge is 0.573 e. The number of benzene rings is 2. The highest BCUT2D eigenvalue weighted by molar-refractivity contribution is 14.1. The van der Waals surface area contributed by atoms with Gasteiger partial charge in [-0.3, -0.25) is 15.0 Å². The van der Waals surface area contributed by atoms with Crippen LogP contribution in [0.3, 0.4) is 0 Å². The molecule has 2 aromatic rings. The van der Waals surface area contributed by atoms with Crippen molar-refractivity contribution >= 4 is 45.9 Å². The lowest BCUT2D eigenvalue weighted by Crippen LogP contribution is -2.41. The number of nitro benzene ring substituents is 1. The van der Waals surface area contributed by atoms with Crippen molar-refractivity contribution in [2.75, 3.05) is 19.1 Å². The van der Waals surface area contributed by atoms with Crippen molar-refractivity contribution in [1.29, 1.82) is 5.26 Å². The maximum absolute atomic E-state index is 13.4. The van der Waals surface area contributed by atoms with Gasteiger partial charge in [-0.1, -0.05) is 30.3 Å². The number of hydrogen-bond donors (Lipinski definition) is 1. The fourth-order valence-corrected chi connectivity index (χ4v) is 4.45. The standard InChI is InChI=1S/C23H16F3IN4O7/c1-36-21(32)17-16(11-6-4-3-5-7-11)13(10-28)20(29)30(19(17)22(33)37-2)18-14(31(34)35)8-12(27)9-15(18)38-23(24,25)26/h3-9,16H,29H2,1-2H3. The minimum absolute atomic E-state index is 0.0312. The first-order valence-electron chi connectivity index (χ1n) is 10.3. The SMILES string of the molecule is COC(=O)C1=C(C(=O)OC)N(c2c(OC(F)(F)F)cc(I)cc2[N+](=O)[O-])C(N)=C(C#N)C1c1ccccc1. The van der Waals surface area contributed by atoms with Crippen molar-refractivity contribution in [3.05, 3.63) is 84.4 Å². The van der Waals surface area contributed by atoms with Crippen LogP contribution in [0.15, 0.2) is 65.1 Å². The van der Waals surface area contributed by atoms with Crippen LogP contribution in [-0.2, 0) is 19.1 Å². The average Bonchev–Trinajstić information content (AvgIpc) is 2.86. The molecular weight excluding hydrogens is 628 g/mol. The number of ether oxygens (including phenoxy) is 3. The molecule has 0 fully saturated rings. The lowest BCUT2D eigenvalue weighted by molar-refractivity contribution is -0.384. The summed E-state index contributed by atoms with van der Waals surface area (Å²) in [7, 11) is 1.88. The zero-order chi connectivity index (χ0) is 28.4. The van der Waals surface area contributed by atoms with Crippen molar-refractivity contribution in [2.45, 2.75) is 12.3 Å². The summed E-state index contributed by atoms with van der Waals surface area (Å²) in [4.78, 5) is 37.6. The molecule has 0 amide bonds. The summed E-state index contributed by atoms with van der Waals surface area (Å²) in [5.74, 6) is -5.62. The van der Waals surface area contributed by atoms with Crippen LogP contribution in [0, 0.1) is 25.0 Å². The first-order valence-corrected chi connectivity index (χ1v) is 11.3. The Morgan fingerprint density at radius 1 is 1.16 bits per heavy atom. The van der Waals surface area contributed by atoms with E-state index >= 15 is 0 Å². The van der Waals surface area contributed by atoms with Gasteiger partial charge in [-0.2, -0.15) is 5.26 Å². The Hall–Kier alpha value is -4.33. The van der Waals surface area contributed by atoms with Gasteiger partial charge in [0.25, 0.3) is 5.69 Å². The predicted molar refractivity (Wildman–Crippen MR) is 132 cm³/mol. The molecule has 38 heavy (non-hydrogen) atoms. The molecule has 0 aromatic heterocycles. The van der Waals surface area contributed by atoms with Crippen molar-refractivity contribution < 1.29 is 41.9 Å². The third kappa shape index (κ3) is 5.34. The Bertz CT molecular complexity index is 1420. The lowest BCUT2D eigenvalue weighted by atomic mass is 9.81. The molecule has 15 heteroatoms. The first kappa shape index (κ1) is 28.2. The van der Waals surface area contributed by atoms with Crippen LogP contribution >= 0.6 is 22.6 Å². The smallest absolute Gasteiger partial charge is 0.466 e. The van der Waals surface area contributed by atoms with Gasteiger partial charge in [-0.25, -0.2) is 9.59 Å². The first-order chi connectivity index (χ1) is 17.9. The molecular formula is C23H16F3IN4O7. The van der Waals surface area contributed by atoms with Crippen molar-refractivity contribution in [1.82, 2.24) is 0 Å². The van der Waals surface area contributed by atoms with Crippen LogP contribution in [0.5, 0.6) is 5.75 Å². The van der Waals surface area contributed by atoms with Gasteiger partial charge in [0.2, 0.25) is 0 Å². The summed E-state index contributed by atoms with van der Waals surface area (Å²) in [6.45, 7) is 0. The van der Waals surface area contributed by atoms with Crippen LogP contribution in [0.2, 0.25) is 0 Å². The van der Waals surface area contributed by atoms with E-state index in [2.05, 4.69) is 4.74 Å². The molecule has 3 rings (SSSR count). The van der Waals surface area contributed by atoms with Gasteiger partial charge < -0.3 is 19.9 Å². The van der Waals surface area contributed by atoms with E-state index in [0.717, 1.165) is 26.4 Å². The molecule has 0 saturated carbocycles. The topological polar surface area (TPSA) is 158 Å². The molecule has 1 unspecified atom stereocenters. The Morgan fingerprint density at radius 2 is 1.76 bits per heavy atom. The number of nitrogens with two attached hydrogens (primary N) is 1. The molecule has 2 N–H and O–H groups in total. The Kier molecular flexibility index (Phi) is 8.15. The Balaban J connectivity index is 2.57. The molecule has 11 nitrogen and oxygen atoms in total. The highest BCUT2D eigenvalue weighted by atomic mass is 127. The van der Waals surface area contributed by atoms with Gasteiger partial charge in [0, 0.05) is 9.64 Å². The zero-order valence-corrected chi connectivity index (χ0v) is 21.6. The fourth-order valence-electron chi connectivity index (χ4n) is 3.87. The second-order valence-electron chi connectivity index (χ2n) is 7.41. The van der Waals surface area contributed by atoms with Gasteiger partial charge in [-0.15, -0.1) is 13.2 Å². The zero-order valence-electron chi connectivity index (χ0n) is 19.4. The van der Waals surface area contributed by atoms with Crippen molar-refractivity contribution in [2.24, 2.45) is 5.73 Å². The van der Waals surface area contributed by atoms with Gasteiger partial charge in [0.1, 0.15) is 11.5 Å². The molecule has 1 atom stereocenters. The molecule has 0 aliphatic carbocycles. The van der Waals surface area contributed by atoms with Crippen molar-refractivity contribution in [3.63, 3.8) is 0 Å². The second kappa shape index (κ2) is 11.0. The molecule has 0 spiro atoms. The predicted octanol–water partition coefficient (Wildman–Crippen LogP) is 4.00. The van der Waals surface area contributed by atoms with E-state index in [4.69, 9.17) is 15.2 Å². The molecule has 2 aromatic carbocycles. The van der Waals surface area contributed by atoms with E-state index in [0.29, 0.717) is 4.90 Å². The number of halogens is 4. The van der Waals surface area contributed by atoms with E-state index in [9.17, 15) is 38.1 Å². The number of esters is 2. The van der Waals surface area contributed by atoms with E-state index in [1.807, 2.05) is 0 Å². The number of hydrogen-bond acceptors (Lipinski definition) is 10. The van der Waals surface area contributed by atoms with E-state index in [1.54, 1.807) is 24.3 Å². The molecule has 0 bridgehead atoms. The molecule has 0 saturated heterocycles. The maximum Gasteiger partial charge on any atom is 0.573 e. The number of carbonyl (C=O) groups excluding carboxylic acids is 2. The van der Waals surface area contributed by atoms with Gasteiger partial charge in [0.05, 0.1) is 42.3 Å². The van der Waals surface area contributed by atoms with Crippen LogP contribution < -0.4 is 15.4 Å². The highest BCUT2D eigenvalue weighted by Crippen LogP contribution is 2.49. The van der Waals surface area contributed by atoms with Crippen LogP contribution in [0.1, 0.15) is 11.5 Å². The molecule has 1 aliphatic heterocycles. The van der Waals surface area contributed by atoms with Crippen molar-refractivity contribution in [3.8, 4) is 11.8 Å². The number of carbonyl (C=O) groups is 2. The number of nitro groups is 1. The summed E-state index contributed by atoms with van der Waals surface area (Å²) in [5, 5.41) is 22.0. The normalized spacial score (nSPS) is 15.6. The third-order valence-electron chi connectivity index (χ3n) is 5.28. The van der Waals surface area contributed by atoms with E-state index < -0.39 is 68.9 Å². The van der Waals surface area contributed by atoms with Gasteiger partial charge >= 0.3 is 18.3 Å². The summed E-state index contributed by atoms with van der Waals surface area (Å²) in [6.07, 6.45) is -5.33. The maximum atomic E-state index is 13.4. The second-order valence-corrected chi connectivity index (χ2v) is 8.66. The number of allylic oxidation sites excluding steroid dienone is 1. The number of alkyl halides is 3. The minimum Gasteiger partial charge on any atom is -0.466 e. The number of nitrogens with zero attached hydrogens (tertiary/aromatic N) is 3. The summed E-state index contributed by atoms with van der Waals surface area (Å²) >= 11 is 1.53. The fraction of sp³-hybridized carbons (Fsp3) is 0.174. The summed E-state index contributed by atoms with van der Waals surface area (Å²) in [5.41, 5.74) is 2.83. The van der Waals surface area contributed by atoms with Crippen LogP contribution in [0.25, 0.3) is 0 Å². The number of nitriles is 1. The van der Waals surface area contributed by atoms with Gasteiger partial charge in [-0.05, 0) is 34.2 Å². The summed E-state index contributed by atoms with van der Waals surface area (Å²) in [6, 6.07) is 11.3. The van der Waals surface area contributed by atoms with E-state index in [-0.39, 0.29) is 9.13 Å². The Labute approximate surface area is 226 Å². The highest BCUT2D eigenvalue weighted by Gasteiger charge is 2.46. The van der Waals surface area contributed by atoms with E-state index in [1.165, 1.54) is 34.7 Å². The molecule has 198 valence electrons. The number of rotatable bonds is 6. The minimum atomic E-state index is -5.33. The molecule has 1 aliphatic rings. The van der Waals surface area contributed by atoms with Crippen LogP contribution in [0.4, 0.5) is 24.5 Å². The van der Waals surface area contributed by atoms with Crippen LogP contribution in [-0.4, -0.2) is 37.4 Å². The quantitative estimate of drug-likeness (QED) is 0.211.